The molecule has 1 aromatic heterocycles. The fourth-order valence-corrected chi connectivity index (χ4v) is 9.12. The Hall–Kier alpha value is -4.54. The van der Waals surface area contributed by atoms with Crippen molar-refractivity contribution in [2.24, 2.45) is 17.8 Å². The van der Waals surface area contributed by atoms with Crippen LogP contribution in [0.5, 0.6) is 11.6 Å². The number of aromatic nitrogens is 1. The molecule has 6 rings (SSSR count). The zero-order valence-electron chi connectivity index (χ0n) is 33.2. The Morgan fingerprint density at radius 3 is 2.49 bits per heavy atom. The Morgan fingerprint density at radius 1 is 1.14 bits per heavy atom. The van der Waals surface area contributed by atoms with Gasteiger partial charge in [0, 0.05) is 23.1 Å². The first kappa shape index (κ1) is 42.1. The molecule has 57 heavy (non-hydrogen) atoms. The predicted molar refractivity (Wildman–Crippen MR) is 206 cm³/mol. The van der Waals surface area contributed by atoms with E-state index in [1.807, 2.05) is 38.1 Å². The second-order valence-corrected chi connectivity index (χ2v) is 18.9. The van der Waals surface area contributed by atoms with E-state index < -0.39 is 86.2 Å². The average Bonchev–Trinajstić information content (AvgIpc) is 4.04. The van der Waals surface area contributed by atoms with Gasteiger partial charge in [0.15, 0.2) is 5.60 Å². The van der Waals surface area contributed by atoms with E-state index in [1.165, 1.54) is 18.2 Å². The van der Waals surface area contributed by atoms with Gasteiger partial charge in [0.2, 0.25) is 27.7 Å². The van der Waals surface area contributed by atoms with E-state index in [-0.39, 0.29) is 31.2 Å². The molecule has 3 N–H and O–H groups in total. The Kier molecular flexibility index (Phi) is 11.8. The lowest BCUT2D eigenvalue weighted by Gasteiger charge is -2.34. The van der Waals surface area contributed by atoms with Gasteiger partial charge in [-0.25, -0.2) is 27.0 Å². The quantitative estimate of drug-likeness (QED) is 0.276. The molecule has 0 bridgehead atoms. The number of methoxy groups -OCH3 is 1. The van der Waals surface area contributed by atoms with Crippen LogP contribution in [-0.2, 0) is 29.1 Å². The Labute approximate surface area is 331 Å². The van der Waals surface area contributed by atoms with Crippen molar-refractivity contribution in [1.82, 2.24) is 25.2 Å². The van der Waals surface area contributed by atoms with Crippen molar-refractivity contribution in [2.75, 3.05) is 13.7 Å². The smallest absolute Gasteiger partial charge is 0.408 e. The number of nitrogens with one attached hydrogen (secondary N) is 3. The SMILES string of the molecule is CC[C@@H]1C[C@H](C)CCC=C[C@@H]2C[C@@]2(C(=O)NS(=O)(=O)C2(C)CC2)NC(=O)[C@@H]2C[C@@H](Oc3ncc(OC)c4ccccc34)CN2C(=O)[C@H]1NC(=O)OC(C)(C)C(F)F. The van der Waals surface area contributed by atoms with Crippen LogP contribution in [0.2, 0.25) is 0 Å². The number of ether oxygens (including phenoxy) is 3. The number of amides is 4. The third-order valence-electron chi connectivity index (χ3n) is 12.0. The normalized spacial score (nSPS) is 29.0. The van der Waals surface area contributed by atoms with Gasteiger partial charge in [-0.2, -0.15) is 0 Å². The summed E-state index contributed by atoms with van der Waals surface area (Å²) in [6.07, 6.45) is 3.23. The number of fused-ring (bicyclic) bond motifs is 3. The van der Waals surface area contributed by atoms with Crippen LogP contribution >= 0.6 is 0 Å². The first-order valence-electron chi connectivity index (χ1n) is 19.6. The molecule has 4 amide bonds. The predicted octanol–water partition coefficient (Wildman–Crippen LogP) is 5.01. The highest BCUT2D eigenvalue weighted by Gasteiger charge is 2.63. The van der Waals surface area contributed by atoms with Crippen molar-refractivity contribution < 1.29 is 50.6 Å². The van der Waals surface area contributed by atoms with Crippen molar-refractivity contribution in [1.29, 1.82) is 0 Å². The number of hydrogen-bond donors (Lipinski definition) is 3. The molecule has 2 aromatic rings. The first-order chi connectivity index (χ1) is 26.8. The second-order valence-electron chi connectivity index (χ2n) is 16.7. The zero-order chi connectivity index (χ0) is 41.5. The molecule has 3 fully saturated rings. The summed E-state index contributed by atoms with van der Waals surface area (Å²) >= 11 is 0. The minimum Gasteiger partial charge on any atom is -0.494 e. The molecule has 3 heterocycles. The zero-order valence-corrected chi connectivity index (χ0v) is 34.0. The summed E-state index contributed by atoms with van der Waals surface area (Å²) in [4.78, 5) is 62.4. The minimum atomic E-state index is -4.05. The highest BCUT2D eigenvalue weighted by Crippen LogP contribution is 2.48. The van der Waals surface area contributed by atoms with E-state index in [9.17, 15) is 36.4 Å². The fraction of sp³-hybridized carbons (Fsp3) is 0.625. The maximum absolute atomic E-state index is 14.9. The number of carbonyl (C=O) groups excluding carboxylic acids is 4. The number of rotatable bonds is 10. The summed E-state index contributed by atoms with van der Waals surface area (Å²) in [6, 6.07) is 4.73. The van der Waals surface area contributed by atoms with Crippen LogP contribution in [-0.4, -0.2) is 96.3 Å². The lowest BCUT2D eigenvalue weighted by molar-refractivity contribution is -0.142. The molecule has 0 unspecified atom stereocenters. The third-order valence-corrected chi connectivity index (χ3v) is 14.1. The van der Waals surface area contributed by atoms with Gasteiger partial charge in [0.25, 0.3) is 12.3 Å². The number of nitrogens with zero attached hydrogens (tertiary/aromatic N) is 2. The molecule has 0 radical (unpaired) electrons. The van der Waals surface area contributed by atoms with Gasteiger partial charge in [-0.05, 0) is 77.2 Å². The van der Waals surface area contributed by atoms with E-state index >= 15 is 0 Å². The van der Waals surface area contributed by atoms with E-state index in [0.29, 0.717) is 49.7 Å². The molecular formula is C40H53F2N5O9S. The molecule has 1 saturated heterocycles. The second kappa shape index (κ2) is 16.0. The fourth-order valence-electron chi connectivity index (χ4n) is 7.81. The molecule has 2 saturated carbocycles. The van der Waals surface area contributed by atoms with Crippen molar-refractivity contribution in [2.45, 2.75) is 126 Å². The number of sulfonamides is 1. The van der Waals surface area contributed by atoms with Gasteiger partial charge in [0.1, 0.15) is 29.5 Å². The van der Waals surface area contributed by atoms with Gasteiger partial charge in [-0.15, -0.1) is 0 Å². The number of hydrogen-bond acceptors (Lipinski definition) is 10. The summed E-state index contributed by atoms with van der Waals surface area (Å²) in [6.45, 7) is 7.41. The molecule has 2 aliphatic carbocycles. The monoisotopic (exact) mass is 817 g/mol. The number of benzene rings is 1. The summed E-state index contributed by atoms with van der Waals surface area (Å²) in [7, 11) is -2.53. The van der Waals surface area contributed by atoms with Gasteiger partial charge in [-0.1, -0.05) is 50.6 Å². The van der Waals surface area contributed by atoms with Crippen molar-refractivity contribution in [3.63, 3.8) is 0 Å². The third kappa shape index (κ3) is 8.68. The molecule has 1 aromatic carbocycles. The van der Waals surface area contributed by atoms with Crippen molar-refractivity contribution in [3.05, 3.63) is 42.6 Å². The minimum absolute atomic E-state index is 0.0340. The summed E-state index contributed by atoms with van der Waals surface area (Å²) in [5.74, 6) is -2.47. The molecule has 17 heteroatoms. The van der Waals surface area contributed by atoms with Gasteiger partial charge < -0.3 is 29.7 Å². The van der Waals surface area contributed by atoms with E-state index in [1.54, 1.807) is 19.1 Å². The highest BCUT2D eigenvalue weighted by atomic mass is 32.2. The van der Waals surface area contributed by atoms with Crippen LogP contribution in [0, 0.1) is 17.8 Å². The van der Waals surface area contributed by atoms with Crippen LogP contribution in [0.4, 0.5) is 13.6 Å². The molecular weight excluding hydrogens is 765 g/mol. The van der Waals surface area contributed by atoms with Crippen LogP contribution in [0.25, 0.3) is 10.8 Å². The van der Waals surface area contributed by atoms with Crippen molar-refractivity contribution >= 4 is 44.6 Å². The molecule has 14 nitrogen and oxygen atoms in total. The van der Waals surface area contributed by atoms with Gasteiger partial charge >= 0.3 is 6.09 Å². The lowest BCUT2D eigenvalue weighted by atomic mass is 9.85. The van der Waals surface area contributed by atoms with E-state index in [0.717, 1.165) is 19.2 Å². The van der Waals surface area contributed by atoms with E-state index in [2.05, 4.69) is 20.3 Å². The van der Waals surface area contributed by atoms with Crippen molar-refractivity contribution in [3.8, 4) is 11.6 Å². The largest absolute Gasteiger partial charge is 0.494 e. The molecule has 312 valence electrons. The molecule has 4 aliphatic rings. The van der Waals surface area contributed by atoms with E-state index in [4.69, 9.17) is 14.2 Å². The van der Waals surface area contributed by atoms with Crippen LogP contribution in [0.1, 0.15) is 86.0 Å². The standard InChI is InChI=1S/C40H53F2N5O9S/c1-7-24-18-23(2)12-8-9-13-25-20-40(25,36(50)46-57(52,53)39(5)16-17-39)45-32(48)29-19-26(55-33-28-15-11-10-14-27(28)30(54-6)21-43-33)22-47(29)34(49)31(24)44-37(51)56-38(3,4)35(41)42/h9-11,13-15,21,23-26,29,31,35H,7-8,12,16-20,22H2,1-6H3,(H,44,51)(H,45,48)(H,46,50)/t23-,24-,25-,26-,29+,31+,40-/m1/s1. The first-order valence-corrected chi connectivity index (χ1v) is 21.0. The van der Waals surface area contributed by atoms with Gasteiger partial charge in [-0.3, -0.25) is 19.1 Å². The van der Waals surface area contributed by atoms with Crippen LogP contribution in [0.15, 0.2) is 42.6 Å². The maximum Gasteiger partial charge on any atom is 0.408 e. The number of allylic oxidation sites excluding steroid dienone is 1. The number of carbonyl (C=O) groups is 4. The lowest BCUT2D eigenvalue weighted by Crippen LogP contribution is -2.59. The average molecular weight is 818 g/mol. The Morgan fingerprint density at radius 2 is 1.84 bits per heavy atom. The summed E-state index contributed by atoms with van der Waals surface area (Å²) < 4.78 is 72.1. The summed E-state index contributed by atoms with van der Waals surface area (Å²) in [5.41, 5.74) is -3.76. The molecule has 7 atom stereocenters. The molecule has 0 spiro atoms. The summed E-state index contributed by atoms with van der Waals surface area (Å²) in [5, 5.41) is 6.76. The van der Waals surface area contributed by atoms with Gasteiger partial charge in [0.05, 0.1) is 24.6 Å². The highest BCUT2D eigenvalue weighted by molar-refractivity contribution is 7.91. The van der Waals surface area contributed by atoms with Crippen LogP contribution in [0.3, 0.4) is 0 Å². The number of halogens is 2. The topological polar surface area (TPSA) is 182 Å². The molecule has 2 aliphatic heterocycles. The number of alkyl halides is 2. The Bertz CT molecular complexity index is 2030. The number of pyridine rings is 1. The maximum atomic E-state index is 14.9. The Balaban J connectivity index is 1.37. The van der Waals surface area contributed by atoms with Crippen LogP contribution < -0.4 is 24.8 Å². The number of alkyl carbamates (subject to hydrolysis) is 1.